The number of halogens is 1. The second-order valence-corrected chi connectivity index (χ2v) is 4.22. The number of phenolic OH excluding ortho intramolecular Hbond substituents is 1. The third-order valence-corrected chi connectivity index (χ3v) is 2.83. The van der Waals surface area contributed by atoms with Gasteiger partial charge in [-0.15, -0.1) is 0 Å². The van der Waals surface area contributed by atoms with Crippen molar-refractivity contribution in [2.75, 3.05) is 13.9 Å². The van der Waals surface area contributed by atoms with E-state index in [-0.39, 0.29) is 12.5 Å². The number of fused-ring (bicyclic) bond motifs is 1. The van der Waals surface area contributed by atoms with Crippen LogP contribution in [-0.4, -0.2) is 19.0 Å². The zero-order valence-electron chi connectivity index (χ0n) is 8.74. The van der Waals surface area contributed by atoms with Crippen LogP contribution in [0, 0.1) is 0 Å². The normalized spacial score (nSPS) is 10.6. The lowest BCUT2D eigenvalue weighted by molar-refractivity contribution is 0.0507. The molecule has 16 heavy (non-hydrogen) atoms. The van der Waals surface area contributed by atoms with Crippen LogP contribution in [0.3, 0.4) is 0 Å². The SMILES string of the molecule is COCOc1cc2cc(O)ccc2cc1Br. The minimum Gasteiger partial charge on any atom is -0.508 e. The monoisotopic (exact) mass is 282 g/mol. The van der Waals surface area contributed by atoms with Crippen LogP contribution in [0.2, 0.25) is 0 Å². The Balaban J connectivity index is 2.46. The van der Waals surface area contributed by atoms with Crippen molar-refractivity contribution in [2.24, 2.45) is 0 Å². The summed E-state index contributed by atoms with van der Waals surface area (Å²) in [6.45, 7) is 0.197. The lowest BCUT2D eigenvalue weighted by Crippen LogP contribution is -1.99. The number of rotatable bonds is 3. The Hall–Kier alpha value is -1.26. The molecule has 3 nitrogen and oxygen atoms in total. The Morgan fingerprint density at radius 3 is 2.75 bits per heavy atom. The molecule has 0 bridgehead atoms. The summed E-state index contributed by atoms with van der Waals surface area (Å²) in [6.07, 6.45) is 0. The Bertz CT molecular complexity index is 511. The lowest BCUT2D eigenvalue weighted by atomic mass is 10.1. The highest BCUT2D eigenvalue weighted by molar-refractivity contribution is 9.10. The van der Waals surface area contributed by atoms with E-state index >= 15 is 0 Å². The van der Waals surface area contributed by atoms with E-state index in [4.69, 9.17) is 9.47 Å². The van der Waals surface area contributed by atoms with Crippen molar-refractivity contribution in [3.05, 3.63) is 34.8 Å². The molecule has 0 saturated carbocycles. The van der Waals surface area contributed by atoms with Crippen molar-refractivity contribution < 1.29 is 14.6 Å². The minimum atomic E-state index is 0.197. The van der Waals surface area contributed by atoms with Gasteiger partial charge in [-0.1, -0.05) is 6.07 Å². The van der Waals surface area contributed by atoms with Crippen molar-refractivity contribution in [1.29, 1.82) is 0 Å². The Morgan fingerprint density at radius 2 is 2.00 bits per heavy atom. The highest BCUT2D eigenvalue weighted by Gasteiger charge is 2.04. The van der Waals surface area contributed by atoms with Crippen LogP contribution in [0.1, 0.15) is 0 Å². The molecule has 0 saturated heterocycles. The summed E-state index contributed by atoms with van der Waals surface area (Å²) in [5.41, 5.74) is 0. The van der Waals surface area contributed by atoms with Crippen molar-refractivity contribution in [3.63, 3.8) is 0 Å². The van der Waals surface area contributed by atoms with Gasteiger partial charge in [-0.05, 0) is 51.0 Å². The van der Waals surface area contributed by atoms with E-state index in [1.807, 2.05) is 18.2 Å². The summed E-state index contributed by atoms with van der Waals surface area (Å²) in [5, 5.41) is 11.4. The molecule has 0 atom stereocenters. The quantitative estimate of drug-likeness (QED) is 0.878. The van der Waals surface area contributed by atoms with E-state index in [1.165, 1.54) is 0 Å². The zero-order valence-corrected chi connectivity index (χ0v) is 10.3. The number of methoxy groups -OCH3 is 1. The molecule has 2 rings (SSSR count). The summed E-state index contributed by atoms with van der Waals surface area (Å²) in [4.78, 5) is 0. The average molecular weight is 283 g/mol. The third kappa shape index (κ3) is 2.28. The van der Waals surface area contributed by atoms with Crippen LogP contribution in [0.5, 0.6) is 11.5 Å². The van der Waals surface area contributed by atoms with Crippen LogP contribution in [0.15, 0.2) is 34.8 Å². The molecule has 0 heterocycles. The predicted octanol–water partition coefficient (Wildman–Crippen LogP) is 3.29. The van der Waals surface area contributed by atoms with Gasteiger partial charge in [-0.3, -0.25) is 0 Å². The summed E-state index contributed by atoms with van der Waals surface area (Å²) in [5.74, 6) is 0.937. The zero-order chi connectivity index (χ0) is 11.5. The fourth-order valence-corrected chi connectivity index (χ4v) is 1.94. The Morgan fingerprint density at radius 1 is 1.19 bits per heavy atom. The molecule has 0 aromatic heterocycles. The van der Waals surface area contributed by atoms with Crippen LogP contribution in [-0.2, 0) is 4.74 Å². The lowest BCUT2D eigenvalue weighted by Gasteiger charge is -2.08. The van der Waals surface area contributed by atoms with Crippen molar-refractivity contribution in [2.45, 2.75) is 0 Å². The molecule has 0 spiro atoms. The molecule has 0 aliphatic carbocycles. The molecule has 0 aliphatic heterocycles. The first kappa shape index (κ1) is 11.2. The first-order chi connectivity index (χ1) is 7.70. The number of benzene rings is 2. The van der Waals surface area contributed by atoms with Gasteiger partial charge in [0.1, 0.15) is 11.5 Å². The summed E-state index contributed by atoms with van der Waals surface area (Å²) in [7, 11) is 1.57. The fourth-order valence-electron chi connectivity index (χ4n) is 1.47. The largest absolute Gasteiger partial charge is 0.508 e. The highest BCUT2D eigenvalue weighted by atomic mass is 79.9. The number of aromatic hydroxyl groups is 1. The van der Waals surface area contributed by atoms with Crippen molar-refractivity contribution >= 4 is 26.7 Å². The number of ether oxygens (including phenoxy) is 2. The van der Waals surface area contributed by atoms with E-state index < -0.39 is 0 Å². The van der Waals surface area contributed by atoms with Gasteiger partial charge in [-0.25, -0.2) is 0 Å². The second-order valence-electron chi connectivity index (χ2n) is 3.36. The van der Waals surface area contributed by atoms with Gasteiger partial charge in [0.15, 0.2) is 6.79 Å². The summed E-state index contributed by atoms with van der Waals surface area (Å²) in [6, 6.07) is 9.01. The molecule has 0 aliphatic rings. The van der Waals surface area contributed by atoms with E-state index in [0.717, 1.165) is 15.2 Å². The Labute approximate surface area is 102 Å². The molecule has 2 aromatic rings. The van der Waals surface area contributed by atoms with Gasteiger partial charge in [-0.2, -0.15) is 0 Å². The molecule has 0 amide bonds. The minimum absolute atomic E-state index is 0.197. The van der Waals surface area contributed by atoms with Gasteiger partial charge in [0.25, 0.3) is 0 Å². The smallest absolute Gasteiger partial charge is 0.188 e. The molecule has 0 unspecified atom stereocenters. The second kappa shape index (κ2) is 4.72. The standard InChI is InChI=1S/C12H11BrO3/c1-15-7-16-12-6-9-4-10(14)3-2-8(9)5-11(12)13/h2-6,14H,7H2,1H3. The number of hydrogen-bond donors (Lipinski definition) is 1. The van der Waals surface area contributed by atoms with Gasteiger partial charge < -0.3 is 14.6 Å². The molecule has 0 fully saturated rings. The van der Waals surface area contributed by atoms with Crippen molar-refractivity contribution in [3.8, 4) is 11.5 Å². The first-order valence-corrected chi connectivity index (χ1v) is 5.54. The molecular weight excluding hydrogens is 272 g/mol. The van der Waals surface area contributed by atoms with Gasteiger partial charge >= 0.3 is 0 Å². The van der Waals surface area contributed by atoms with Gasteiger partial charge in [0.05, 0.1) is 4.47 Å². The topological polar surface area (TPSA) is 38.7 Å². The van der Waals surface area contributed by atoms with Crippen LogP contribution in [0.25, 0.3) is 10.8 Å². The maximum Gasteiger partial charge on any atom is 0.188 e. The van der Waals surface area contributed by atoms with Crippen LogP contribution in [0.4, 0.5) is 0 Å². The molecule has 84 valence electrons. The van der Waals surface area contributed by atoms with E-state index in [2.05, 4.69) is 15.9 Å². The van der Waals surface area contributed by atoms with Crippen molar-refractivity contribution in [1.82, 2.24) is 0 Å². The number of hydrogen-bond acceptors (Lipinski definition) is 3. The molecule has 2 aromatic carbocycles. The average Bonchev–Trinajstić information content (AvgIpc) is 2.27. The fraction of sp³-hybridized carbons (Fsp3) is 0.167. The molecule has 0 radical (unpaired) electrons. The van der Waals surface area contributed by atoms with E-state index in [9.17, 15) is 5.11 Å². The number of phenols is 1. The Kier molecular flexibility index (Phi) is 3.31. The summed E-state index contributed by atoms with van der Waals surface area (Å²) < 4.78 is 11.1. The summed E-state index contributed by atoms with van der Waals surface area (Å²) >= 11 is 3.42. The van der Waals surface area contributed by atoms with Gasteiger partial charge in [0, 0.05) is 7.11 Å². The molecular formula is C12H11BrO3. The maximum atomic E-state index is 9.39. The van der Waals surface area contributed by atoms with E-state index in [1.54, 1.807) is 19.2 Å². The van der Waals surface area contributed by atoms with Gasteiger partial charge in [0.2, 0.25) is 0 Å². The van der Waals surface area contributed by atoms with Crippen LogP contribution < -0.4 is 4.74 Å². The maximum absolute atomic E-state index is 9.39. The van der Waals surface area contributed by atoms with E-state index in [0.29, 0.717) is 5.75 Å². The third-order valence-electron chi connectivity index (χ3n) is 2.21. The van der Waals surface area contributed by atoms with Crippen LogP contribution >= 0.6 is 15.9 Å². The highest BCUT2D eigenvalue weighted by Crippen LogP contribution is 2.31. The predicted molar refractivity (Wildman–Crippen MR) is 65.8 cm³/mol. The first-order valence-electron chi connectivity index (χ1n) is 4.75. The molecule has 4 heteroatoms. The molecule has 1 N–H and O–H groups in total.